The molecular weight excluding hydrogens is 538 g/mol. The van der Waals surface area contributed by atoms with Gasteiger partial charge >= 0.3 is 0 Å². The summed E-state index contributed by atoms with van der Waals surface area (Å²) < 4.78 is 2.34. The van der Waals surface area contributed by atoms with Crippen LogP contribution in [0.5, 0.6) is 0 Å². The van der Waals surface area contributed by atoms with Crippen LogP contribution >= 0.6 is 0 Å². The van der Waals surface area contributed by atoms with Gasteiger partial charge in [-0.1, -0.05) is 142 Å². The van der Waals surface area contributed by atoms with Crippen LogP contribution in [0.15, 0.2) is 128 Å². The quantitative estimate of drug-likeness (QED) is 0.117. The molecule has 2 heterocycles. The Balaban J connectivity index is 1.29. The van der Waals surface area contributed by atoms with E-state index in [-0.39, 0.29) is 11.3 Å². The van der Waals surface area contributed by atoms with Crippen LogP contribution in [0.1, 0.15) is 61.8 Å². The second kappa shape index (κ2) is 11.6. The van der Waals surface area contributed by atoms with E-state index in [1.54, 1.807) is 0 Å². The maximum atomic E-state index is 13.5. The summed E-state index contributed by atoms with van der Waals surface area (Å²) in [5.41, 5.74) is 6.15. The molecule has 4 heteroatoms. The molecule has 2 aliphatic rings. The molecule has 3 atom stereocenters. The lowest BCUT2D eigenvalue weighted by Crippen LogP contribution is -2.37. The molecule has 1 saturated heterocycles. The van der Waals surface area contributed by atoms with Crippen LogP contribution in [0.3, 0.4) is 0 Å². The Labute approximate surface area is 261 Å². The fourth-order valence-corrected chi connectivity index (χ4v) is 7.92. The molecule has 1 aliphatic carbocycles. The normalized spacial score (nSPS) is 21.0. The van der Waals surface area contributed by atoms with Crippen molar-refractivity contribution >= 4 is 5.91 Å². The molecule has 4 nitrogen and oxygen atoms in total. The summed E-state index contributed by atoms with van der Waals surface area (Å²) in [7, 11) is 0. The number of carbonyl (C=O) groups is 1. The molecule has 44 heavy (non-hydrogen) atoms. The topological polar surface area (TPSA) is 38.1 Å². The Hall–Kier alpha value is -4.44. The summed E-state index contributed by atoms with van der Waals surface area (Å²) >= 11 is 0. The van der Waals surface area contributed by atoms with Gasteiger partial charge in [-0.15, -0.1) is 0 Å². The van der Waals surface area contributed by atoms with Gasteiger partial charge in [0.1, 0.15) is 5.54 Å². The van der Waals surface area contributed by atoms with Crippen LogP contribution < -0.4 is 0 Å². The molecule has 7 rings (SSSR count). The largest absolute Gasteiger partial charge is 0.342 e. The zero-order valence-corrected chi connectivity index (χ0v) is 25.8. The van der Waals surface area contributed by atoms with Gasteiger partial charge in [0, 0.05) is 24.1 Å². The number of rotatable bonds is 11. The van der Waals surface area contributed by atoms with Crippen LogP contribution in [-0.2, 0) is 15.7 Å². The van der Waals surface area contributed by atoms with Gasteiger partial charge in [0.2, 0.25) is 5.91 Å². The van der Waals surface area contributed by atoms with E-state index in [0.29, 0.717) is 11.8 Å². The molecule has 0 radical (unpaired) electrons. The number of carbonyl (C=O) groups excluding carboxylic acids is 1. The molecule has 0 spiro atoms. The number of hydrogen-bond acceptors (Lipinski definition) is 2. The number of unbranched alkanes of at least 4 members (excludes halogenated alkanes) is 3. The number of benzene rings is 4. The van der Waals surface area contributed by atoms with Crippen LogP contribution in [0, 0.1) is 11.8 Å². The minimum Gasteiger partial charge on any atom is -0.342 e. The number of hydrogen-bond donors (Lipinski definition) is 0. The monoisotopic (exact) mass is 579 g/mol. The zero-order valence-electron chi connectivity index (χ0n) is 25.8. The fourth-order valence-electron chi connectivity index (χ4n) is 7.92. The third-order valence-corrected chi connectivity index (χ3v) is 10.3. The van der Waals surface area contributed by atoms with Crippen molar-refractivity contribution < 1.29 is 4.79 Å². The summed E-state index contributed by atoms with van der Waals surface area (Å²) in [4.78, 5) is 20.4. The zero-order chi connectivity index (χ0) is 30.1. The molecule has 4 aromatic carbocycles. The fraction of sp³-hybridized carbons (Fsp3) is 0.300. The number of amides is 1. The first-order valence-electron chi connectivity index (χ1n) is 16.2. The first-order valence-corrected chi connectivity index (χ1v) is 16.2. The SMILES string of the molecule is CCCCCCN1CC2C(C1=O)C2(C)c1cccc(-c2cncn2C(c2ccccc2)(c2ccccc2)c2ccccc2)c1. The molecule has 1 saturated carbocycles. The van der Waals surface area contributed by atoms with Crippen molar-refractivity contribution in [2.75, 3.05) is 13.1 Å². The number of fused-ring (bicyclic) bond motifs is 1. The van der Waals surface area contributed by atoms with Crippen LogP contribution in [0.25, 0.3) is 11.3 Å². The van der Waals surface area contributed by atoms with Crippen LogP contribution in [0.4, 0.5) is 0 Å². The van der Waals surface area contributed by atoms with Crippen LogP contribution in [0.2, 0.25) is 0 Å². The molecule has 222 valence electrons. The minimum absolute atomic E-state index is 0.0888. The highest BCUT2D eigenvalue weighted by Crippen LogP contribution is 2.64. The van der Waals surface area contributed by atoms with Gasteiger partial charge in [-0.2, -0.15) is 0 Å². The van der Waals surface area contributed by atoms with E-state index < -0.39 is 5.54 Å². The molecular formula is C40H41N3O. The van der Waals surface area contributed by atoms with E-state index in [0.717, 1.165) is 30.8 Å². The molecule has 1 aromatic heterocycles. The van der Waals surface area contributed by atoms with E-state index in [1.165, 1.54) is 41.5 Å². The van der Waals surface area contributed by atoms with Gasteiger partial charge in [-0.05, 0) is 40.7 Å². The number of likely N-dealkylation sites (tertiary alicyclic amines) is 1. The van der Waals surface area contributed by atoms with Gasteiger partial charge in [-0.25, -0.2) is 4.98 Å². The Kier molecular flexibility index (Phi) is 7.45. The third-order valence-electron chi connectivity index (χ3n) is 10.3. The molecule has 5 aromatic rings. The number of piperidine rings is 1. The van der Waals surface area contributed by atoms with Crippen molar-refractivity contribution in [3.05, 3.63) is 150 Å². The summed E-state index contributed by atoms with van der Waals surface area (Å²) in [6.45, 7) is 6.32. The molecule has 2 fully saturated rings. The average molecular weight is 580 g/mol. The Morgan fingerprint density at radius 3 is 1.95 bits per heavy atom. The Morgan fingerprint density at radius 1 is 0.795 bits per heavy atom. The summed E-state index contributed by atoms with van der Waals surface area (Å²) in [5, 5.41) is 0. The standard InChI is InChI=1S/C40H41N3O/c1-3-4-5-15-25-42-28-35-37(38(42)44)39(35,2)34-24-16-17-30(26-34)36-27-41-29-43(36)40(31-18-9-6-10-19-31,32-20-11-7-12-21-32)33-22-13-8-14-23-33/h6-14,16-24,26-27,29,35,37H,3-5,15,25,28H2,1-2H3. The lowest BCUT2D eigenvalue weighted by molar-refractivity contribution is -0.130. The molecule has 1 amide bonds. The smallest absolute Gasteiger partial charge is 0.226 e. The number of aromatic nitrogens is 2. The Morgan fingerprint density at radius 2 is 1.41 bits per heavy atom. The maximum absolute atomic E-state index is 13.5. The second-order valence-electron chi connectivity index (χ2n) is 12.7. The van der Waals surface area contributed by atoms with E-state index in [2.05, 4.69) is 139 Å². The summed E-state index contributed by atoms with van der Waals surface area (Å²) in [6, 6.07) is 41.1. The number of nitrogens with zero attached hydrogens (tertiary/aromatic N) is 3. The second-order valence-corrected chi connectivity index (χ2v) is 12.7. The summed E-state index contributed by atoms with van der Waals surface area (Å²) in [5.74, 6) is 0.824. The van der Waals surface area contributed by atoms with Crippen molar-refractivity contribution in [1.82, 2.24) is 14.5 Å². The Bertz CT molecular complexity index is 1630. The lowest BCUT2D eigenvalue weighted by Gasteiger charge is -2.38. The number of imidazole rings is 1. The first kappa shape index (κ1) is 28.3. The van der Waals surface area contributed by atoms with Gasteiger partial charge in [-0.3, -0.25) is 4.79 Å². The van der Waals surface area contributed by atoms with Gasteiger partial charge < -0.3 is 9.47 Å². The van der Waals surface area contributed by atoms with Crippen molar-refractivity contribution in [2.24, 2.45) is 11.8 Å². The van der Waals surface area contributed by atoms with Gasteiger partial charge in [0.05, 0.1) is 24.1 Å². The minimum atomic E-state index is -0.639. The van der Waals surface area contributed by atoms with Crippen molar-refractivity contribution in [3.63, 3.8) is 0 Å². The molecule has 1 aliphatic heterocycles. The highest BCUT2D eigenvalue weighted by atomic mass is 16.2. The van der Waals surface area contributed by atoms with Crippen LogP contribution in [-0.4, -0.2) is 33.4 Å². The third kappa shape index (κ3) is 4.51. The molecule has 0 bridgehead atoms. The maximum Gasteiger partial charge on any atom is 0.226 e. The summed E-state index contributed by atoms with van der Waals surface area (Å²) in [6.07, 6.45) is 8.75. The van der Waals surface area contributed by atoms with Gasteiger partial charge in [0.25, 0.3) is 0 Å². The first-order chi connectivity index (χ1) is 21.6. The lowest BCUT2D eigenvalue weighted by atomic mass is 9.76. The van der Waals surface area contributed by atoms with E-state index in [1.807, 2.05) is 12.5 Å². The van der Waals surface area contributed by atoms with E-state index in [4.69, 9.17) is 4.98 Å². The molecule has 3 unspecified atom stereocenters. The predicted molar refractivity (Wildman–Crippen MR) is 177 cm³/mol. The van der Waals surface area contributed by atoms with E-state index in [9.17, 15) is 4.79 Å². The van der Waals surface area contributed by atoms with Crippen molar-refractivity contribution in [1.29, 1.82) is 0 Å². The molecule has 0 N–H and O–H groups in total. The predicted octanol–water partition coefficient (Wildman–Crippen LogP) is 8.32. The highest BCUT2D eigenvalue weighted by molar-refractivity contribution is 5.88. The highest BCUT2D eigenvalue weighted by Gasteiger charge is 2.70. The average Bonchev–Trinajstić information content (AvgIpc) is 3.35. The van der Waals surface area contributed by atoms with Crippen molar-refractivity contribution in [2.45, 2.75) is 50.5 Å². The van der Waals surface area contributed by atoms with Crippen molar-refractivity contribution in [3.8, 4) is 11.3 Å². The van der Waals surface area contributed by atoms with E-state index >= 15 is 0 Å². The van der Waals surface area contributed by atoms with Gasteiger partial charge in [0.15, 0.2) is 0 Å².